The summed E-state index contributed by atoms with van der Waals surface area (Å²) in [5.41, 5.74) is 0.436. The predicted octanol–water partition coefficient (Wildman–Crippen LogP) is 3.81. The summed E-state index contributed by atoms with van der Waals surface area (Å²) in [5.74, 6) is -0.849. The summed E-state index contributed by atoms with van der Waals surface area (Å²) in [4.78, 5) is 15.8. The van der Waals surface area contributed by atoms with Gasteiger partial charge in [-0.2, -0.15) is 5.10 Å². The minimum atomic E-state index is -0.763. The molecule has 2 aromatic rings. The topological polar surface area (TPSA) is 66.3 Å². The SMILES string of the molecule is CC1(C)[C@@H]2CC[C@@]1(C(=O)N1CCC(CCO)C1)c1nnc(-c3c(F)cccc3F)cc12. The van der Waals surface area contributed by atoms with Gasteiger partial charge < -0.3 is 10.0 Å². The standard InChI is InChI=1S/C24H27F2N3O2/c1-23(2)16-6-9-24(23,22(31)29-10-7-14(13-29)8-11-30)21-15(16)12-19(27-28-21)20-17(25)4-3-5-18(20)26/h3-5,12,14,16,30H,6-11,13H2,1-2H3/t14?,16-,24+/m1/s1. The van der Waals surface area contributed by atoms with Gasteiger partial charge in [0.2, 0.25) is 5.91 Å². The zero-order valence-electron chi connectivity index (χ0n) is 17.9. The van der Waals surface area contributed by atoms with Crippen LogP contribution in [0.1, 0.15) is 56.7 Å². The molecule has 3 atom stereocenters. The lowest BCUT2D eigenvalue weighted by Gasteiger charge is -2.39. The van der Waals surface area contributed by atoms with Crippen molar-refractivity contribution in [3.63, 3.8) is 0 Å². The Morgan fingerprint density at radius 3 is 2.68 bits per heavy atom. The van der Waals surface area contributed by atoms with Gasteiger partial charge in [0.1, 0.15) is 11.6 Å². The number of hydrogen-bond acceptors (Lipinski definition) is 4. The summed E-state index contributed by atoms with van der Waals surface area (Å²) in [5, 5.41) is 17.9. The molecule has 1 unspecified atom stereocenters. The molecular weight excluding hydrogens is 400 g/mol. The van der Waals surface area contributed by atoms with E-state index in [4.69, 9.17) is 0 Å². The summed E-state index contributed by atoms with van der Waals surface area (Å²) < 4.78 is 28.7. The maximum Gasteiger partial charge on any atom is 0.235 e. The van der Waals surface area contributed by atoms with Crippen molar-refractivity contribution < 1.29 is 18.7 Å². The Labute approximate surface area is 180 Å². The van der Waals surface area contributed by atoms with Crippen LogP contribution in [0.4, 0.5) is 8.78 Å². The van der Waals surface area contributed by atoms with Crippen LogP contribution in [0.2, 0.25) is 0 Å². The third-order valence-corrected chi connectivity index (χ3v) is 8.08. The number of likely N-dealkylation sites (tertiary alicyclic amines) is 1. The first-order valence-electron chi connectivity index (χ1n) is 11.0. The van der Waals surface area contributed by atoms with Crippen LogP contribution in [0.25, 0.3) is 11.3 Å². The predicted molar refractivity (Wildman–Crippen MR) is 111 cm³/mol. The van der Waals surface area contributed by atoms with Crippen molar-refractivity contribution in [3.05, 3.63) is 47.2 Å². The number of carbonyl (C=O) groups excluding carboxylic acids is 1. The third kappa shape index (κ3) is 2.71. The largest absolute Gasteiger partial charge is 0.396 e. The molecule has 1 aromatic carbocycles. The molecule has 2 heterocycles. The van der Waals surface area contributed by atoms with Gasteiger partial charge in [0, 0.05) is 19.7 Å². The molecule has 1 aliphatic heterocycles. The molecule has 1 amide bonds. The molecule has 1 saturated carbocycles. The maximum absolute atomic E-state index is 14.3. The Kier molecular flexibility index (Phi) is 4.66. The van der Waals surface area contributed by atoms with E-state index in [1.54, 1.807) is 6.07 Å². The van der Waals surface area contributed by atoms with Crippen LogP contribution >= 0.6 is 0 Å². The van der Waals surface area contributed by atoms with Crippen molar-refractivity contribution >= 4 is 5.91 Å². The Balaban J connectivity index is 1.57. The van der Waals surface area contributed by atoms with E-state index in [1.165, 1.54) is 18.2 Å². The number of nitrogens with zero attached hydrogens (tertiary/aromatic N) is 3. The number of aliphatic hydroxyl groups excluding tert-OH is 1. The first kappa shape index (κ1) is 20.5. The van der Waals surface area contributed by atoms with Gasteiger partial charge in [-0.15, -0.1) is 5.10 Å². The number of halogens is 2. The molecule has 7 heteroatoms. The smallest absolute Gasteiger partial charge is 0.235 e. The van der Waals surface area contributed by atoms with Crippen LogP contribution in [0.5, 0.6) is 0 Å². The summed E-state index contributed by atoms with van der Waals surface area (Å²) >= 11 is 0. The highest BCUT2D eigenvalue weighted by molar-refractivity contribution is 5.92. The molecule has 0 radical (unpaired) electrons. The van der Waals surface area contributed by atoms with Gasteiger partial charge in [0.05, 0.1) is 22.4 Å². The summed E-state index contributed by atoms with van der Waals surface area (Å²) in [7, 11) is 0. The Bertz CT molecular complexity index is 1040. The zero-order chi connectivity index (χ0) is 22.0. The van der Waals surface area contributed by atoms with Crippen LogP contribution in [-0.2, 0) is 10.2 Å². The molecule has 5 nitrogen and oxygen atoms in total. The number of hydrogen-bond donors (Lipinski definition) is 1. The number of amides is 1. The fraction of sp³-hybridized carbons (Fsp3) is 0.542. The van der Waals surface area contributed by atoms with Crippen LogP contribution in [-0.4, -0.2) is 45.8 Å². The lowest BCUT2D eigenvalue weighted by Crippen LogP contribution is -2.51. The normalized spacial score (nSPS) is 28.2. The summed E-state index contributed by atoms with van der Waals surface area (Å²) in [6.07, 6.45) is 3.15. The minimum Gasteiger partial charge on any atom is -0.396 e. The Hall–Kier alpha value is -2.41. The van der Waals surface area contributed by atoms with Crippen molar-refractivity contribution in [2.45, 2.75) is 50.9 Å². The molecule has 2 aliphatic carbocycles. The van der Waals surface area contributed by atoms with E-state index >= 15 is 0 Å². The Morgan fingerprint density at radius 1 is 1.23 bits per heavy atom. The van der Waals surface area contributed by atoms with E-state index in [-0.39, 0.29) is 35.1 Å². The van der Waals surface area contributed by atoms with Crippen molar-refractivity contribution in [2.24, 2.45) is 11.3 Å². The van der Waals surface area contributed by atoms with Crippen LogP contribution < -0.4 is 0 Å². The van der Waals surface area contributed by atoms with Gasteiger partial charge in [0.25, 0.3) is 0 Å². The van der Waals surface area contributed by atoms with Crippen LogP contribution in [0.15, 0.2) is 24.3 Å². The van der Waals surface area contributed by atoms with E-state index in [9.17, 15) is 18.7 Å². The number of benzene rings is 1. The first-order valence-corrected chi connectivity index (χ1v) is 11.0. The lowest BCUT2D eigenvalue weighted by molar-refractivity contribution is -0.140. The van der Waals surface area contributed by atoms with E-state index in [0.29, 0.717) is 37.5 Å². The van der Waals surface area contributed by atoms with E-state index in [0.717, 1.165) is 18.4 Å². The van der Waals surface area contributed by atoms with Gasteiger partial charge in [-0.1, -0.05) is 19.9 Å². The number of fused-ring (bicyclic) bond motifs is 5. The average molecular weight is 427 g/mol. The molecule has 2 fully saturated rings. The summed E-state index contributed by atoms with van der Waals surface area (Å²) in [6.45, 7) is 5.69. The van der Waals surface area contributed by atoms with Gasteiger partial charge >= 0.3 is 0 Å². The maximum atomic E-state index is 14.3. The van der Waals surface area contributed by atoms with Crippen molar-refractivity contribution in [1.29, 1.82) is 0 Å². The molecule has 1 saturated heterocycles. The molecule has 5 rings (SSSR count). The number of carbonyl (C=O) groups is 1. The van der Waals surface area contributed by atoms with Gasteiger partial charge in [-0.05, 0) is 66.7 Å². The highest BCUT2D eigenvalue weighted by Crippen LogP contribution is 2.68. The Morgan fingerprint density at radius 2 is 1.97 bits per heavy atom. The van der Waals surface area contributed by atoms with Gasteiger partial charge in [0.15, 0.2) is 0 Å². The molecule has 2 bridgehead atoms. The third-order valence-electron chi connectivity index (χ3n) is 8.08. The second-order valence-electron chi connectivity index (χ2n) is 9.77. The molecule has 0 spiro atoms. The van der Waals surface area contributed by atoms with Crippen LogP contribution in [0, 0.1) is 23.0 Å². The van der Waals surface area contributed by atoms with Gasteiger partial charge in [-0.25, -0.2) is 8.78 Å². The van der Waals surface area contributed by atoms with Crippen molar-refractivity contribution in [2.75, 3.05) is 19.7 Å². The minimum absolute atomic E-state index is 0.0818. The molecule has 31 heavy (non-hydrogen) atoms. The quantitative estimate of drug-likeness (QED) is 0.806. The molecular formula is C24H27F2N3O2. The monoisotopic (exact) mass is 427 g/mol. The van der Waals surface area contributed by atoms with Gasteiger partial charge in [-0.3, -0.25) is 4.79 Å². The second-order valence-corrected chi connectivity index (χ2v) is 9.77. The van der Waals surface area contributed by atoms with Crippen molar-refractivity contribution in [1.82, 2.24) is 15.1 Å². The zero-order valence-corrected chi connectivity index (χ0v) is 17.9. The number of aliphatic hydroxyl groups is 1. The van der Waals surface area contributed by atoms with Crippen molar-refractivity contribution in [3.8, 4) is 11.3 Å². The lowest BCUT2D eigenvalue weighted by atomic mass is 9.67. The van der Waals surface area contributed by atoms with E-state index in [1.807, 2.05) is 4.90 Å². The fourth-order valence-corrected chi connectivity index (χ4v) is 6.37. The van der Waals surface area contributed by atoms with E-state index < -0.39 is 17.0 Å². The first-order chi connectivity index (χ1) is 14.8. The molecule has 1 aromatic heterocycles. The molecule has 3 aliphatic rings. The highest BCUT2D eigenvalue weighted by Gasteiger charge is 2.68. The summed E-state index contributed by atoms with van der Waals surface area (Å²) in [6, 6.07) is 5.49. The second kappa shape index (κ2) is 7.05. The molecule has 164 valence electrons. The number of aromatic nitrogens is 2. The number of rotatable bonds is 4. The van der Waals surface area contributed by atoms with E-state index in [2.05, 4.69) is 24.0 Å². The highest BCUT2D eigenvalue weighted by atomic mass is 19.1. The fourth-order valence-electron chi connectivity index (χ4n) is 6.37. The van der Waals surface area contributed by atoms with Crippen LogP contribution in [0.3, 0.4) is 0 Å². The average Bonchev–Trinajstić information content (AvgIpc) is 3.36. The molecule has 1 N–H and O–H groups in total.